The van der Waals surface area contributed by atoms with Crippen LogP contribution in [0, 0.1) is 0 Å². The summed E-state index contributed by atoms with van der Waals surface area (Å²) in [6.07, 6.45) is 4.73. The fraction of sp³-hybridized carbons (Fsp3) is 0.455. The lowest BCUT2D eigenvalue weighted by atomic mass is 9.87. The quantitative estimate of drug-likeness (QED) is 0.785. The first-order valence-corrected chi connectivity index (χ1v) is 9.69. The molecule has 1 heterocycles. The van der Waals surface area contributed by atoms with E-state index in [1.807, 2.05) is 31.2 Å². The maximum absolute atomic E-state index is 5.85. The third-order valence-corrected chi connectivity index (χ3v) is 5.57. The number of hydrogen-bond donors (Lipinski definition) is 1. The molecular formula is C22H27NO4. The van der Waals surface area contributed by atoms with Gasteiger partial charge in [-0.2, -0.15) is 0 Å². The van der Waals surface area contributed by atoms with Gasteiger partial charge in [0.1, 0.15) is 11.5 Å². The molecule has 0 aromatic heterocycles. The van der Waals surface area contributed by atoms with Gasteiger partial charge in [0.05, 0.1) is 13.7 Å². The summed E-state index contributed by atoms with van der Waals surface area (Å²) in [5.41, 5.74) is 2.41. The number of fused-ring (bicyclic) bond motifs is 1. The van der Waals surface area contributed by atoms with Gasteiger partial charge in [0.2, 0.25) is 6.79 Å². The molecule has 0 bridgehead atoms. The second-order valence-electron chi connectivity index (χ2n) is 7.12. The molecular weight excluding hydrogens is 342 g/mol. The zero-order valence-electron chi connectivity index (χ0n) is 16.0. The first-order chi connectivity index (χ1) is 13.2. The van der Waals surface area contributed by atoms with E-state index in [4.69, 9.17) is 18.9 Å². The lowest BCUT2D eigenvalue weighted by Crippen LogP contribution is -2.39. The van der Waals surface area contributed by atoms with Crippen LogP contribution in [0.5, 0.6) is 23.0 Å². The largest absolute Gasteiger partial charge is 0.497 e. The lowest BCUT2D eigenvalue weighted by molar-refractivity contribution is 0.173. The predicted molar refractivity (Wildman–Crippen MR) is 104 cm³/mol. The molecule has 1 aliphatic heterocycles. The molecule has 0 atom stereocenters. The summed E-state index contributed by atoms with van der Waals surface area (Å²) in [6.45, 7) is 3.61. The predicted octanol–water partition coefficient (Wildman–Crippen LogP) is 4.38. The Labute approximate surface area is 160 Å². The minimum Gasteiger partial charge on any atom is -0.497 e. The van der Waals surface area contributed by atoms with E-state index in [0.717, 1.165) is 47.9 Å². The number of ether oxygens (including phenoxy) is 4. The van der Waals surface area contributed by atoms with Crippen LogP contribution in [0.2, 0.25) is 0 Å². The Morgan fingerprint density at radius 1 is 1.04 bits per heavy atom. The minimum absolute atomic E-state index is 0.00781. The fourth-order valence-corrected chi connectivity index (χ4v) is 4.11. The van der Waals surface area contributed by atoms with Crippen molar-refractivity contribution in [1.82, 2.24) is 5.32 Å². The molecule has 144 valence electrons. The Balaban J connectivity index is 1.58. The van der Waals surface area contributed by atoms with E-state index < -0.39 is 0 Å². The number of benzene rings is 2. The molecule has 2 aliphatic rings. The maximum Gasteiger partial charge on any atom is 0.231 e. The van der Waals surface area contributed by atoms with Crippen molar-refractivity contribution < 1.29 is 18.9 Å². The molecule has 1 aliphatic carbocycles. The van der Waals surface area contributed by atoms with Crippen LogP contribution in [0.1, 0.15) is 43.7 Å². The van der Waals surface area contributed by atoms with Crippen molar-refractivity contribution in [2.75, 3.05) is 20.5 Å². The van der Waals surface area contributed by atoms with Crippen LogP contribution < -0.4 is 24.3 Å². The zero-order valence-corrected chi connectivity index (χ0v) is 16.0. The lowest BCUT2D eigenvalue weighted by Gasteiger charge is -2.32. The number of nitrogens with one attached hydrogen (secondary N) is 1. The van der Waals surface area contributed by atoms with Gasteiger partial charge in [-0.25, -0.2) is 0 Å². The summed E-state index contributed by atoms with van der Waals surface area (Å²) in [7, 11) is 1.70. The van der Waals surface area contributed by atoms with Crippen molar-refractivity contribution in [2.24, 2.45) is 0 Å². The van der Waals surface area contributed by atoms with Crippen molar-refractivity contribution in [1.29, 1.82) is 0 Å². The SMILES string of the molecule is CCOc1cc2c(cc1CNC1(c3ccc(OC)cc3)CCCC1)OCO2. The van der Waals surface area contributed by atoms with Crippen LogP contribution in [0.15, 0.2) is 36.4 Å². The van der Waals surface area contributed by atoms with Crippen LogP contribution in [0.4, 0.5) is 0 Å². The highest BCUT2D eigenvalue weighted by Gasteiger charge is 2.35. The molecule has 1 N–H and O–H groups in total. The Morgan fingerprint density at radius 3 is 2.41 bits per heavy atom. The highest BCUT2D eigenvalue weighted by Crippen LogP contribution is 2.41. The molecule has 0 unspecified atom stereocenters. The van der Waals surface area contributed by atoms with Gasteiger partial charge in [-0.15, -0.1) is 0 Å². The molecule has 1 fully saturated rings. The molecule has 4 rings (SSSR count). The smallest absolute Gasteiger partial charge is 0.231 e. The van der Waals surface area contributed by atoms with Crippen molar-refractivity contribution >= 4 is 0 Å². The molecule has 5 heteroatoms. The molecule has 0 spiro atoms. The van der Waals surface area contributed by atoms with Crippen molar-refractivity contribution in [3.63, 3.8) is 0 Å². The molecule has 5 nitrogen and oxygen atoms in total. The Bertz CT molecular complexity index is 782. The maximum atomic E-state index is 5.85. The fourth-order valence-electron chi connectivity index (χ4n) is 4.11. The van der Waals surface area contributed by atoms with Crippen LogP contribution in [0.3, 0.4) is 0 Å². The van der Waals surface area contributed by atoms with Crippen molar-refractivity contribution in [3.05, 3.63) is 47.5 Å². The monoisotopic (exact) mass is 369 g/mol. The first-order valence-electron chi connectivity index (χ1n) is 9.69. The van der Waals surface area contributed by atoms with Gasteiger partial charge in [-0.3, -0.25) is 0 Å². The zero-order chi connectivity index (χ0) is 18.7. The van der Waals surface area contributed by atoms with E-state index in [2.05, 4.69) is 17.4 Å². The molecule has 1 saturated carbocycles. The second kappa shape index (κ2) is 7.69. The number of methoxy groups -OCH3 is 1. The van der Waals surface area contributed by atoms with Crippen molar-refractivity contribution in [2.45, 2.75) is 44.7 Å². The summed E-state index contributed by atoms with van der Waals surface area (Å²) >= 11 is 0. The molecule has 2 aromatic rings. The van der Waals surface area contributed by atoms with Gasteiger partial charge in [0, 0.05) is 23.7 Å². The molecule has 0 radical (unpaired) electrons. The Kier molecular flexibility index (Phi) is 5.12. The topological polar surface area (TPSA) is 49.0 Å². The van der Waals surface area contributed by atoms with E-state index in [0.29, 0.717) is 6.61 Å². The summed E-state index contributed by atoms with van der Waals surface area (Å²) in [5.74, 6) is 3.30. The van der Waals surface area contributed by atoms with Gasteiger partial charge in [0.25, 0.3) is 0 Å². The molecule has 0 saturated heterocycles. The average Bonchev–Trinajstić information content (AvgIpc) is 3.36. The highest BCUT2D eigenvalue weighted by molar-refractivity contribution is 5.52. The standard InChI is InChI=1S/C22H27NO4/c1-3-25-19-13-21-20(26-15-27-21)12-16(19)14-23-22(10-4-5-11-22)17-6-8-18(24-2)9-7-17/h6-9,12-13,23H,3-5,10-11,14-15H2,1-2H3. The first kappa shape index (κ1) is 18.0. The van der Waals surface area contributed by atoms with E-state index in [1.54, 1.807) is 7.11 Å². The Morgan fingerprint density at radius 2 is 1.74 bits per heavy atom. The highest BCUT2D eigenvalue weighted by atomic mass is 16.7. The minimum atomic E-state index is -0.00781. The van der Waals surface area contributed by atoms with Crippen molar-refractivity contribution in [3.8, 4) is 23.0 Å². The van der Waals surface area contributed by atoms with Gasteiger partial charge in [-0.1, -0.05) is 25.0 Å². The van der Waals surface area contributed by atoms with E-state index >= 15 is 0 Å². The van der Waals surface area contributed by atoms with E-state index in [1.165, 1.54) is 18.4 Å². The van der Waals surface area contributed by atoms with Crippen LogP contribution in [0.25, 0.3) is 0 Å². The van der Waals surface area contributed by atoms with Crippen LogP contribution in [-0.2, 0) is 12.1 Å². The number of hydrogen-bond acceptors (Lipinski definition) is 5. The van der Waals surface area contributed by atoms with Gasteiger partial charge in [-0.05, 0) is 43.5 Å². The normalized spacial score (nSPS) is 17.1. The van der Waals surface area contributed by atoms with E-state index in [9.17, 15) is 0 Å². The molecule has 27 heavy (non-hydrogen) atoms. The number of rotatable bonds is 7. The summed E-state index contributed by atoms with van der Waals surface area (Å²) in [4.78, 5) is 0. The summed E-state index contributed by atoms with van der Waals surface area (Å²) < 4.78 is 22.2. The summed E-state index contributed by atoms with van der Waals surface area (Å²) in [5, 5.41) is 3.84. The average molecular weight is 369 g/mol. The van der Waals surface area contributed by atoms with Gasteiger partial charge >= 0.3 is 0 Å². The van der Waals surface area contributed by atoms with Gasteiger partial charge in [0.15, 0.2) is 11.5 Å². The van der Waals surface area contributed by atoms with Crippen LogP contribution in [-0.4, -0.2) is 20.5 Å². The molecule has 2 aromatic carbocycles. The van der Waals surface area contributed by atoms with Gasteiger partial charge < -0.3 is 24.3 Å². The third-order valence-electron chi connectivity index (χ3n) is 5.57. The summed E-state index contributed by atoms with van der Waals surface area (Å²) in [6, 6.07) is 12.4. The van der Waals surface area contributed by atoms with E-state index in [-0.39, 0.29) is 12.3 Å². The van der Waals surface area contributed by atoms with Crippen LogP contribution >= 0.6 is 0 Å². The Hall–Kier alpha value is -2.40. The third kappa shape index (κ3) is 3.56. The second-order valence-corrected chi connectivity index (χ2v) is 7.12. The molecule has 0 amide bonds.